The molecule has 0 aliphatic rings. The molecular formula is C17H13BrFN3O. The van der Waals surface area contributed by atoms with Crippen LogP contribution in [0.1, 0.15) is 15.9 Å². The summed E-state index contributed by atoms with van der Waals surface area (Å²) in [6, 6.07) is 14.2. The van der Waals surface area contributed by atoms with E-state index in [-0.39, 0.29) is 5.56 Å². The minimum Gasteiger partial charge on any atom is -0.319 e. The molecule has 3 rings (SSSR count). The highest BCUT2D eigenvalue weighted by molar-refractivity contribution is 9.10. The van der Waals surface area contributed by atoms with Gasteiger partial charge in [-0.05, 0) is 23.8 Å². The zero-order valence-electron chi connectivity index (χ0n) is 12.0. The van der Waals surface area contributed by atoms with Crippen molar-refractivity contribution in [1.82, 2.24) is 9.78 Å². The van der Waals surface area contributed by atoms with E-state index in [0.717, 1.165) is 5.56 Å². The van der Waals surface area contributed by atoms with E-state index in [1.807, 2.05) is 30.3 Å². The Labute approximate surface area is 141 Å². The predicted molar refractivity (Wildman–Crippen MR) is 89.8 cm³/mol. The summed E-state index contributed by atoms with van der Waals surface area (Å²) in [5, 5.41) is 6.84. The van der Waals surface area contributed by atoms with E-state index in [1.165, 1.54) is 18.3 Å². The number of carbonyl (C=O) groups is 1. The molecule has 23 heavy (non-hydrogen) atoms. The third kappa shape index (κ3) is 3.84. The molecule has 4 nitrogen and oxygen atoms in total. The molecule has 3 aromatic rings. The molecule has 2 aromatic carbocycles. The van der Waals surface area contributed by atoms with Crippen molar-refractivity contribution in [3.05, 3.63) is 82.3 Å². The Kier molecular flexibility index (Phi) is 4.52. The first-order valence-corrected chi connectivity index (χ1v) is 7.74. The first kappa shape index (κ1) is 15.4. The van der Waals surface area contributed by atoms with E-state index in [1.54, 1.807) is 16.9 Å². The highest BCUT2D eigenvalue weighted by Crippen LogP contribution is 2.17. The molecule has 0 spiro atoms. The quantitative estimate of drug-likeness (QED) is 0.748. The predicted octanol–water partition coefficient (Wildman–Crippen LogP) is 4.09. The molecule has 0 aliphatic carbocycles. The lowest BCUT2D eigenvalue weighted by Gasteiger charge is -2.04. The van der Waals surface area contributed by atoms with E-state index < -0.39 is 11.7 Å². The summed E-state index contributed by atoms with van der Waals surface area (Å²) in [5.74, 6) is -1.08. The number of nitrogens with zero attached hydrogens (tertiary/aromatic N) is 2. The largest absolute Gasteiger partial charge is 0.319 e. The first-order valence-electron chi connectivity index (χ1n) is 6.94. The summed E-state index contributed by atoms with van der Waals surface area (Å²) < 4.78 is 16.1. The van der Waals surface area contributed by atoms with Gasteiger partial charge in [-0.25, -0.2) is 4.39 Å². The van der Waals surface area contributed by atoms with Gasteiger partial charge in [0, 0.05) is 10.7 Å². The lowest BCUT2D eigenvalue weighted by atomic mass is 10.2. The van der Waals surface area contributed by atoms with Crippen molar-refractivity contribution in [2.75, 3.05) is 5.32 Å². The number of anilines is 1. The summed E-state index contributed by atoms with van der Waals surface area (Å²) >= 11 is 3.16. The monoisotopic (exact) mass is 373 g/mol. The number of nitrogens with one attached hydrogen (secondary N) is 1. The average Bonchev–Trinajstić information content (AvgIpc) is 2.95. The minimum absolute atomic E-state index is 0.0102. The van der Waals surface area contributed by atoms with E-state index in [0.29, 0.717) is 16.7 Å². The first-order chi connectivity index (χ1) is 11.1. The van der Waals surface area contributed by atoms with Crippen LogP contribution in [0.4, 0.5) is 10.1 Å². The third-order valence-electron chi connectivity index (χ3n) is 3.25. The minimum atomic E-state index is -0.575. The molecule has 1 amide bonds. The highest BCUT2D eigenvalue weighted by atomic mass is 79.9. The van der Waals surface area contributed by atoms with Gasteiger partial charge < -0.3 is 5.32 Å². The van der Waals surface area contributed by atoms with Crippen LogP contribution in [0.5, 0.6) is 0 Å². The second-order valence-corrected chi connectivity index (χ2v) is 5.91. The zero-order valence-corrected chi connectivity index (χ0v) is 13.6. The Morgan fingerprint density at radius 3 is 2.74 bits per heavy atom. The van der Waals surface area contributed by atoms with Crippen molar-refractivity contribution in [3.8, 4) is 0 Å². The summed E-state index contributed by atoms with van der Waals surface area (Å²) in [5.41, 5.74) is 1.62. The lowest BCUT2D eigenvalue weighted by molar-refractivity contribution is 0.102. The van der Waals surface area contributed by atoms with Crippen molar-refractivity contribution < 1.29 is 9.18 Å². The summed E-state index contributed by atoms with van der Waals surface area (Å²) in [6.45, 7) is 0.601. The van der Waals surface area contributed by atoms with Crippen LogP contribution in [0.2, 0.25) is 0 Å². The Hall–Kier alpha value is -2.47. The maximum atomic E-state index is 13.8. The molecular weight excluding hydrogens is 361 g/mol. The molecule has 0 bridgehead atoms. The smallest absolute Gasteiger partial charge is 0.258 e. The van der Waals surface area contributed by atoms with Crippen LogP contribution in [-0.2, 0) is 6.54 Å². The van der Waals surface area contributed by atoms with Crippen molar-refractivity contribution in [3.63, 3.8) is 0 Å². The van der Waals surface area contributed by atoms with Gasteiger partial charge in [-0.3, -0.25) is 9.48 Å². The SMILES string of the molecule is O=C(Nc1cnn(Cc2ccccc2)c1)c1ccc(Br)cc1F. The van der Waals surface area contributed by atoms with Gasteiger partial charge in [-0.1, -0.05) is 46.3 Å². The molecule has 0 unspecified atom stereocenters. The van der Waals surface area contributed by atoms with Crippen molar-refractivity contribution in [2.24, 2.45) is 0 Å². The van der Waals surface area contributed by atoms with Crippen LogP contribution in [0, 0.1) is 5.82 Å². The van der Waals surface area contributed by atoms with E-state index in [2.05, 4.69) is 26.3 Å². The van der Waals surface area contributed by atoms with Crippen LogP contribution in [-0.4, -0.2) is 15.7 Å². The number of carbonyl (C=O) groups excluding carboxylic acids is 1. The van der Waals surface area contributed by atoms with Crippen molar-refractivity contribution in [2.45, 2.75) is 6.54 Å². The average molecular weight is 374 g/mol. The molecule has 1 N–H and O–H groups in total. The molecule has 1 aromatic heterocycles. The molecule has 0 aliphatic heterocycles. The van der Waals surface area contributed by atoms with Gasteiger partial charge in [0.15, 0.2) is 0 Å². The number of benzene rings is 2. The number of hydrogen-bond donors (Lipinski definition) is 1. The molecule has 6 heteroatoms. The summed E-state index contributed by atoms with van der Waals surface area (Å²) in [4.78, 5) is 12.1. The van der Waals surface area contributed by atoms with Crippen molar-refractivity contribution in [1.29, 1.82) is 0 Å². The Morgan fingerprint density at radius 1 is 1.22 bits per heavy atom. The Bertz CT molecular complexity index is 833. The molecule has 0 radical (unpaired) electrons. The Morgan fingerprint density at radius 2 is 2.00 bits per heavy atom. The normalized spacial score (nSPS) is 10.5. The number of hydrogen-bond acceptors (Lipinski definition) is 2. The molecule has 1 heterocycles. The van der Waals surface area contributed by atoms with Gasteiger partial charge in [-0.2, -0.15) is 5.10 Å². The zero-order chi connectivity index (χ0) is 16.2. The number of halogens is 2. The molecule has 0 atom stereocenters. The third-order valence-corrected chi connectivity index (χ3v) is 3.75. The number of rotatable bonds is 4. The van der Waals surface area contributed by atoms with Crippen LogP contribution < -0.4 is 5.32 Å². The van der Waals surface area contributed by atoms with Gasteiger partial charge in [0.05, 0.1) is 24.0 Å². The maximum absolute atomic E-state index is 13.8. The standard InChI is InChI=1S/C17H13BrFN3O/c18-13-6-7-15(16(19)8-13)17(23)21-14-9-20-22(11-14)10-12-4-2-1-3-5-12/h1-9,11H,10H2,(H,21,23). The van der Waals surface area contributed by atoms with Gasteiger partial charge in [0.25, 0.3) is 5.91 Å². The molecule has 0 saturated carbocycles. The van der Waals surface area contributed by atoms with Gasteiger partial charge in [-0.15, -0.1) is 0 Å². The van der Waals surface area contributed by atoms with Crippen LogP contribution in [0.25, 0.3) is 0 Å². The molecule has 0 fully saturated rings. The fourth-order valence-electron chi connectivity index (χ4n) is 2.16. The van der Waals surface area contributed by atoms with Gasteiger partial charge in [0.1, 0.15) is 5.82 Å². The second-order valence-electron chi connectivity index (χ2n) is 4.99. The molecule has 116 valence electrons. The van der Waals surface area contributed by atoms with Crippen LogP contribution in [0.15, 0.2) is 65.4 Å². The number of aromatic nitrogens is 2. The molecule has 0 saturated heterocycles. The van der Waals surface area contributed by atoms with Gasteiger partial charge >= 0.3 is 0 Å². The Balaban J connectivity index is 1.70. The van der Waals surface area contributed by atoms with E-state index in [9.17, 15) is 9.18 Å². The topological polar surface area (TPSA) is 46.9 Å². The highest BCUT2D eigenvalue weighted by Gasteiger charge is 2.13. The van der Waals surface area contributed by atoms with Crippen LogP contribution >= 0.6 is 15.9 Å². The maximum Gasteiger partial charge on any atom is 0.258 e. The second kappa shape index (κ2) is 6.75. The van der Waals surface area contributed by atoms with Crippen molar-refractivity contribution >= 4 is 27.5 Å². The van der Waals surface area contributed by atoms with E-state index >= 15 is 0 Å². The van der Waals surface area contributed by atoms with E-state index in [4.69, 9.17) is 0 Å². The fourth-order valence-corrected chi connectivity index (χ4v) is 2.49. The number of amides is 1. The summed E-state index contributed by atoms with van der Waals surface area (Å²) in [6.07, 6.45) is 3.25. The van der Waals surface area contributed by atoms with Gasteiger partial charge in [0.2, 0.25) is 0 Å². The fraction of sp³-hybridized carbons (Fsp3) is 0.0588. The lowest BCUT2D eigenvalue weighted by Crippen LogP contribution is -2.13. The summed E-state index contributed by atoms with van der Waals surface area (Å²) in [7, 11) is 0. The van der Waals surface area contributed by atoms with Crippen LogP contribution in [0.3, 0.4) is 0 Å².